The van der Waals surface area contributed by atoms with Crippen LogP contribution < -0.4 is 5.32 Å². The van der Waals surface area contributed by atoms with Gasteiger partial charge in [0.05, 0.1) is 12.2 Å². The molecule has 0 aromatic heterocycles. The molecule has 1 rings (SSSR count). The standard InChI is InChI=1S/C10H10BrF2NO2/c1-5(4-15)14-10(16)7-2-6(11)3-8(12)9(7)13/h2-3,5,15H,4H2,1H3,(H,14,16)/t5-/m0/s1. The molecule has 0 bridgehead atoms. The van der Waals surface area contributed by atoms with Crippen molar-refractivity contribution in [2.75, 3.05) is 6.61 Å². The predicted molar refractivity (Wildman–Crippen MR) is 58.1 cm³/mol. The van der Waals surface area contributed by atoms with Crippen LogP contribution in [0.5, 0.6) is 0 Å². The van der Waals surface area contributed by atoms with E-state index in [-0.39, 0.29) is 11.1 Å². The van der Waals surface area contributed by atoms with E-state index < -0.39 is 29.1 Å². The number of amides is 1. The van der Waals surface area contributed by atoms with Gasteiger partial charge in [-0.15, -0.1) is 0 Å². The van der Waals surface area contributed by atoms with Crippen molar-refractivity contribution in [2.45, 2.75) is 13.0 Å². The smallest absolute Gasteiger partial charge is 0.254 e. The van der Waals surface area contributed by atoms with E-state index in [2.05, 4.69) is 21.2 Å². The van der Waals surface area contributed by atoms with E-state index in [9.17, 15) is 13.6 Å². The van der Waals surface area contributed by atoms with Crippen LogP contribution in [0.1, 0.15) is 17.3 Å². The SMILES string of the molecule is C[C@@H](CO)NC(=O)c1cc(Br)cc(F)c1F. The molecule has 0 unspecified atom stereocenters. The lowest BCUT2D eigenvalue weighted by atomic mass is 10.2. The number of aliphatic hydroxyl groups is 1. The molecule has 2 N–H and O–H groups in total. The molecule has 0 saturated heterocycles. The second-order valence-corrected chi connectivity index (χ2v) is 4.22. The summed E-state index contributed by atoms with van der Waals surface area (Å²) < 4.78 is 26.5. The first-order chi connectivity index (χ1) is 7.45. The molecule has 6 heteroatoms. The zero-order valence-corrected chi connectivity index (χ0v) is 10.0. The normalized spacial score (nSPS) is 12.3. The van der Waals surface area contributed by atoms with Gasteiger partial charge in [0, 0.05) is 10.5 Å². The van der Waals surface area contributed by atoms with E-state index in [1.165, 1.54) is 6.07 Å². The lowest BCUT2D eigenvalue weighted by Crippen LogP contribution is -2.35. The van der Waals surface area contributed by atoms with Gasteiger partial charge in [0.25, 0.3) is 5.91 Å². The average Bonchev–Trinajstić information content (AvgIpc) is 2.22. The fourth-order valence-corrected chi connectivity index (χ4v) is 1.50. The fraction of sp³-hybridized carbons (Fsp3) is 0.300. The summed E-state index contributed by atoms with van der Waals surface area (Å²) in [6.07, 6.45) is 0. The highest BCUT2D eigenvalue weighted by atomic mass is 79.9. The first-order valence-corrected chi connectivity index (χ1v) is 5.31. The number of carbonyl (C=O) groups excluding carboxylic acids is 1. The summed E-state index contributed by atoms with van der Waals surface area (Å²) in [4.78, 5) is 11.5. The van der Waals surface area contributed by atoms with Crippen molar-refractivity contribution in [2.24, 2.45) is 0 Å². The zero-order valence-electron chi connectivity index (χ0n) is 8.43. The number of carbonyl (C=O) groups is 1. The summed E-state index contributed by atoms with van der Waals surface area (Å²) >= 11 is 2.96. The highest BCUT2D eigenvalue weighted by Crippen LogP contribution is 2.19. The Morgan fingerprint density at radius 3 is 2.75 bits per heavy atom. The van der Waals surface area contributed by atoms with Crippen molar-refractivity contribution in [1.29, 1.82) is 0 Å². The van der Waals surface area contributed by atoms with Crippen molar-refractivity contribution in [3.05, 3.63) is 33.8 Å². The largest absolute Gasteiger partial charge is 0.394 e. The van der Waals surface area contributed by atoms with E-state index in [1.54, 1.807) is 6.92 Å². The number of benzene rings is 1. The summed E-state index contributed by atoms with van der Waals surface area (Å²) in [7, 11) is 0. The Bertz CT molecular complexity index is 412. The molecule has 0 aliphatic rings. The molecule has 0 heterocycles. The molecule has 0 fully saturated rings. The summed E-state index contributed by atoms with van der Waals surface area (Å²) in [5.74, 6) is -3.07. The summed E-state index contributed by atoms with van der Waals surface area (Å²) in [5.41, 5.74) is -0.396. The third-order valence-corrected chi connectivity index (χ3v) is 2.35. The molecular formula is C10H10BrF2NO2. The number of nitrogens with one attached hydrogen (secondary N) is 1. The van der Waals surface area contributed by atoms with Crippen LogP contribution in [0.25, 0.3) is 0 Å². The number of hydrogen-bond acceptors (Lipinski definition) is 2. The monoisotopic (exact) mass is 293 g/mol. The second kappa shape index (κ2) is 5.36. The van der Waals surface area contributed by atoms with E-state index in [4.69, 9.17) is 5.11 Å². The highest BCUT2D eigenvalue weighted by Gasteiger charge is 2.17. The number of hydrogen-bond donors (Lipinski definition) is 2. The average molecular weight is 294 g/mol. The summed E-state index contributed by atoms with van der Waals surface area (Å²) in [6, 6.07) is 1.59. The Kier molecular flexibility index (Phi) is 4.37. The topological polar surface area (TPSA) is 49.3 Å². The lowest BCUT2D eigenvalue weighted by molar-refractivity contribution is 0.0917. The highest BCUT2D eigenvalue weighted by molar-refractivity contribution is 9.10. The Morgan fingerprint density at radius 2 is 2.19 bits per heavy atom. The van der Waals surface area contributed by atoms with Crippen LogP contribution in [0.3, 0.4) is 0 Å². The molecule has 0 saturated carbocycles. The molecule has 1 aromatic carbocycles. The molecule has 88 valence electrons. The van der Waals surface area contributed by atoms with Gasteiger partial charge in [0.2, 0.25) is 0 Å². The van der Waals surface area contributed by atoms with Gasteiger partial charge in [-0.2, -0.15) is 0 Å². The van der Waals surface area contributed by atoms with E-state index in [1.807, 2.05) is 0 Å². The Hall–Kier alpha value is -1.01. The molecule has 0 aliphatic carbocycles. The quantitative estimate of drug-likeness (QED) is 0.836. The molecule has 1 amide bonds. The van der Waals surface area contributed by atoms with Gasteiger partial charge in [0.15, 0.2) is 11.6 Å². The lowest BCUT2D eigenvalue weighted by Gasteiger charge is -2.11. The Balaban J connectivity index is 2.99. The molecule has 0 spiro atoms. The van der Waals surface area contributed by atoms with Crippen molar-refractivity contribution in [3.8, 4) is 0 Å². The second-order valence-electron chi connectivity index (χ2n) is 3.31. The van der Waals surface area contributed by atoms with Crippen LogP contribution >= 0.6 is 15.9 Å². The molecule has 1 atom stereocenters. The Labute approximate surface area is 99.6 Å². The molecular weight excluding hydrogens is 284 g/mol. The van der Waals surface area contributed by atoms with Gasteiger partial charge in [-0.25, -0.2) is 8.78 Å². The van der Waals surface area contributed by atoms with Crippen LogP contribution in [0.2, 0.25) is 0 Å². The van der Waals surface area contributed by atoms with Crippen LogP contribution in [0, 0.1) is 11.6 Å². The van der Waals surface area contributed by atoms with E-state index in [0.717, 1.165) is 6.07 Å². The number of aliphatic hydroxyl groups excluding tert-OH is 1. The molecule has 0 radical (unpaired) electrons. The molecule has 16 heavy (non-hydrogen) atoms. The summed E-state index contributed by atoms with van der Waals surface area (Å²) in [5, 5.41) is 11.0. The van der Waals surface area contributed by atoms with Crippen molar-refractivity contribution in [1.82, 2.24) is 5.32 Å². The maximum atomic E-state index is 13.3. The minimum atomic E-state index is -1.20. The van der Waals surface area contributed by atoms with Crippen molar-refractivity contribution < 1.29 is 18.7 Å². The van der Waals surface area contributed by atoms with Crippen molar-refractivity contribution >= 4 is 21.8 Å². The van der Waals surface area contributed by atoms with Crippen LogP contribution in [-0.4, -0.2) is 23.7 Å². The number of halogens is 3. The first kappa shape index (κ1) is 13.1. The van der Waals surface area contributed by atoms with Gasteiger partial charge in [-0.3, -0.25) is 4.79 Å². The third kappa shape index (κ3) is 2.99. The van der Waals surface area contributed by atoms with E-state index >= 15 is 0 Å². The van der Waals surface area contributed by atoms with E-state index in [0.29, 0.717) is 0 Å². The molecule has 1 aromatic rings. The maximum absolute atomic E-state index is 13.3. The third-order valence-electron chi connectivity index (χ3n) is 1.89. The predicted octanol–water partition coefficient (Wildman–Crippen LogP) is 1.84. The fourth-order valence-electron chi connectivity index (χ4n) is 1.07. The summed E-state index contributed by atoms with van der Waals surface area (Å²) in [6.45, 7) is 1.27. The molecule has 0 aliphatic heterocycles. The minimum absolute atomic E-state index is 0.271. The van der Waals surface area contributed by atoms with Gasteiger partial charge in [-0.1, -0.05) is 15.9 Å². The van der Waals surface area contributed by atoms with Crippen LogP contribution in [0.4, 0.5) is 8.78 Å². The van der Waals surface area contributed by atoms with Gasteiger partial charge >= 0.3 is 0 Å². The van der Waals surface area contributed by atoms with Crippen LogP contribution in [-0.2, 0) is 0 Å². The minimum Gasteiger partial charge on any atom is -0.394 e. The Morgan fingerprint density at radius 1 is 1.56 bits per heavy atom. The first-order valence-electron chi connectivity index (χ1n) is 4.52. The van der Waals surface area contributed by atoms with Crippen LogP contribution in [0.15, 0.2) is 16.6 Å². The van der Waals surface area contributed by atoms with Gasteiger partial charge in [0.1, 0.15) is 0 Å². The maximum Gasteiger partial charge on any atom is 0.254 e. The van der Waals surface area contributed by atoms with Gasteiger partial charge in [-0.05, 0) is 19.1 Å². The van der Waals surface area contributed by atoms with Crippen molar-refractivity contribution in [3.63, 3.8) is 0 Å². The number of rotatable bonds is 3. The van der Waals surface area contributed by atoms with Gasteiger partial charge < -0.3 is 10.4 Å². The molecule has 3 nitrogen and oxygen atoms in total. The zero-order chi connectivity index (χ0) is 12.3.